The van der Waals surface area contributed by atoms with Crippen molar-refractivity contribution in [2.45, 2.75) is 4.90 Å². The number of urea groups is 1. The van der Waals surface area contributed by atoms with Gasteiger partial charge in [0, 0.05) is 12.7 Å². The van der Waals surface area contributed by atoms with Crippen molar-refractivity contribution in [3.8, 4) is 5.75 Å². The highest BCUT2D eigenvalue weighted by atomic mass is 32.2. The fourth-order valence-electron chi connectivity index (χ4n) is 1.98. The summed E-state index contributed by atoms with van der Waals surface area (Å²) in [6.45, 7) is 0. The quantitative estimate of drug-likeness (QED) is 0.881. The van der Waals surface area contributed by atoms with Crippen LogP contribution in [0.15, 0.2) is 53.4 Å². The molecule has 2 amide bonds. The lowest BCUT2D eigenvalue weighted by atomic mass is 10.2. The molecule has 0 unspecified atom stereocenters. The number of rotatable bonds is 4. The molecule has 0 saturated heterocycles. The molecule has 0 aromatic heterocycles. The largest absolute Gasteiger partial charge is 0.496 e. The Morgan fingerprint density at radius 1 is 1.00 bits per heavy atom. The van der Waals surface area contributed by atoms with Crippen molar-refractivity contribution in [3.63, 3.8) is 0 Å². The lowest BCUT2D eigenvalue weighted by Crippen LogP contribution is -2.24. The first kappa shape index (κ1) is 17.5. The third-order valence-corrected chi connectivity index (χ3v) is 4.82. The van der Waals surface area contributed by atoms with E-state index in [0.717, 1.165) is 0 Å². The molecule has 0 aliphatic heterocycles. The minimum atomic E-state index is -4.22. The second-order valence-corrected chi connectivity index (χ2v) is 6.57. The first-order valence-corrected chi connectivity index (χ1v) is 8.39. The Bertz CT molecular complexity index is 860. The first-order chi connectivity index (χ1) is 11.4. The minimum absolute atomic E-state index is 0.0347. The van der Waals surface area contributed by atoms with E-state index >= 15 is 0 Å². The Balaban J connectivity index is 2.33. The zero-order valence-electron chi connectivity index (χ0n) is 13.1. The fourth-order valence-corrected chi connectivity index (χ4v) is 3.14. The van der Waals surface area contributed by atoms with Gasteiger partial charge < -0.3 is 15.4 Å². The van der Waals surface area contributed by atoms with Crippen LogP contribution in [0.1, 0.15) is 10.4 Å². The molecule has 0 heterocycles. The van der Waals surface area contributed by atoms with E-state index in [1.807, 2.05) is 0 Å². The lowest BCUT2D eigenvalue weighted by molar-refractivity contribution is 0.107. The molecule has 0 aliphatic carbocycles. The van der Waals surface area contributed by atoms with Gasteiger partial charge in [-0.1, -0.05) is 12.1 Å². The number of benzene rings is 2. The molecule has 7 nitrogen and oxygen atoms in total. The van der Waals surface area contributed by atoms with Gasteiger partial charge >= 0.3 is 6.03 Å². The summed E-state index contributed by atoms with van der Waals surface area (Å²) < 4.78 is 30.0. The highest BCUT2D eigenvalue weighted by Gasteiger charge is 2.28. The highest BCUT2D eigenvalue weighted by molar-refractivity contribution is 8.06. The topological polar surface area (TPSA) is 102 Å². The normalized spacial score (nSPS) is 10.8. The molecule has 0 fully saturated rings. The minimum Gasteiger partial charge on any atom is -0.496 e. The number of methoxy groups -OCH3 is 1. The van der Waals surface area contributed by atoms with E-state index < -0.39 is 21.0 Å². The van der Waals surface area contributed by atoms with Crippen LogP contribution in [-0.2, 0) is 9.84 Å². The molecule has 2 N–H and O–H groups in total. The molecule has 0 spiro atoms. The molecule has 8 heteroatoms. The van der Waals surface area contributed by atoms with Gasteiger partial charge in [-0.05, 0) is 36.4 Å². The van der Waals surface area contributed by atoms with Gasteiger partial charge in [-0.3, -0.25) is 4.79 Å². The Hall–Kier alpha value is -2.87. The van der Waals surface area contributed by atoms with E-state index in [1.54, 1.807) is 12.1 Å². The molecule has 2 rings (SSSR count). The van der Waals surface area contributed by atoms with Crippen LogP contribution >= 0.6 is 0 Å². The van der Waals surface area contributed by atoms with Crippen molar-refractivity contribution < 1.29 is 22.7 Å². The Kier molecular flexibility index (Phi) is 5.20. The van der Waals surface area contributed by atoms with Crippen molar-refractivity contribution in [3.05, 3.63) is 54.1 Å². The monoisotopic (exact) mass is 348 g/mol. The zero-order valence-corrected chi connectivity index (χ0v) is 13.9. The highest BCUT2D eigenvalue weighted by Crippen LogP contribution is 2.24. The molecule has 0 aliphatic rings. The van der Waals surface area contributed by atoms with Crippen molar-refractivity contribution >= 4 is 26.7 Å². The number of nitrogens with one attached hydrogen (secondary N) is 2. The molecular weight excluding hydrogens is 332 g/mol. The number of para-hydroxylation sites is 1. The van der Waals surface area contributed by atoms with E-state index in [-0.39, 0.29) is 16.2 Å². The van der Waals surface area contributed by atoms with Crippen LogP contribution in [0.5, 0.6) is 5.75 Å². The van der Waals surface area contributed by atoms with Gasteiger partial charge in [0.25, 0.3) is 5.12 Å². The van der Waals surface area contributed by atoms with Crippen LogP contribution < -0.4 is 15.4 Å². The van der Waals surface area contributed by atoms with Gasteiger partial charge in [0.2, 0.25) is 9.84 Å². The average Bonchev–Trinajstić information content (AvgIpc) is 2.61. The van der Waals surface area contributed by atoms with Crippen molar-refractivity contribution in [2.75, 3.05) is 19.5 Å². The van der Waals surface area contributed by atoms with Crippen molar-refractivity contribution in [1.82, 2.24) is 5.32 Å². The summed E-state index contributed by atoms with van der Waals surface area (Å²) in [6, 6.07) is 11.0. The van der Waals surface area contributed by atoms with E-state index in [0.29, 0.717) is 5.69 Å². The molecular formula is C16H16N2O5S. The number of carbonyl (C=O) groups is 2. The van der Waals surface area contributed by atoms with Crippen LogP contribution in [0.4, 0.5) is 10.5 Å². The number of hydrogen-bond donors (Lipinski definition) is 2. The third kappa shape index (κ3) is 3.54. The van der Waals surface area contributed by atoms with Crippen LogP contribution in [0.2, 0.25) is 0 Å². The molecule has 0 bridgehead atoms. The summed E-state index contributed by atoms with van der Waals surface area (Å²) in [7, 11) is -1.41. The van der Waals surface area contributed by atoms with Gasteiger partial charge in [0.15, 0.2) is 0 Å². The summed E-state index contributed by atoms with van der Waals surface area (Å²) in [6.07, 6.45) is 0. The number of ether oxygens (including phenoxy) is 1. The maximum atomic E-state index is 12.5. The van der Waals surface area contributed by atoms with Gasteiger partial charge in [-0.15, -0.1) is 0 Å². The van der Waals surface area contributed by atoms with Gasteiger partial charge in [0.05, 0.1) is 17.6 Å². The van der Waals surface area contributed by atoms with E-state index in [9.17, 15) is 18.0 Å². The molecule has 24 heavy (non-hydrogen) atoms. The van der Waals surface area contributed by atoms with Gasteiger partial charge in [-0.25, -0.2) is 13.2 Å². The number of anilines is 1. The summed E-state index contributed by atoms with van der Waals surface area (Å²) in [5.74, 6) is 0.184. The van der Waals surface area contributed by atoms with Crippen LogP contribution in [0.3, 0.4) is 0 Å². The lowest BCUT2D eigenvalue weighted by Gasteiger charge is -2.09. The predicted octanol–water partition coefficient (Wildman–Crippen LogP) is 2.06. The number of hydrogen-bond acceptors (Lipinski definition) is 5. The molecule has 2 aromatic carbocycles. The molecule has 0 radical (unpaired) electrons. The molecule has 0 atom stereocenters. The second-order valence-electron chi connectivity index (χ2n) is 4.72. The van der Waals surface area contributed by atoms with E-state index in [4.69, 9.17) is 4.74 Å². The average molecular weight is 348 g/mol. The number of amides is 2. The van der Waals surface area contributed by atoms with Crippen LogP contribution in [0.25, 0.3) is 0 Å². The van der Waals surface area contributed by atoms with Crippen molar-refractivity contribution in [2.24, 2.45) is 0 Å². The van der Waals surface area contributed by atoms with Crippen molar-refractivity contribution in [1.29, 1.82) is 0 Å². The smallest absolute Gasteiger partial charge is 0.318 e. The standard InChI is InChI=1S/C16H16N2O5S/c1-17-16(20)18-11-7-9-12(10-8-11)24(21,22)15(19)13-5-3-4-6-14(13)23-2/h3-10H,1-2H3,(H2,17,18,20). The predicted molar refractivity (Wildman–Crippen MR) is 89.0 cm³/mol. The first-order valence-electron chi connectivity index (χ1n) is 6.91. The molecule has 126 valence electrons. The summed E-state index contributed by atoms with van der Waals surface area (Å²) in [5, 5.41) is 3.82. The fraction of sp³-hybridized carbons (Fsp3) is 0.125. The zero-order chi connectivity index (χ0) is 17.7. The Morgan fingerprint density at radius 3 is 2.21 bits per heavy atom. The molecule has 2 aromatic rings. The number of sulfone groups is 1. The number of carbonyl (C=O) groups excluding carboxylic acids is 2. The van der Waals surface area contributed by atoms with Gasteiger partial charge in [-0.2, -0.15) is 0 Å². The third-order valence-electron chi connectivity index (χ3n) is 3.22. The molecule has 0 saturated carbocycles. The Labute approximate surface area is 139 Å². The van der Waals surface area contributed by atoms with E-state index in [1.165, 1.54) is 50.6 Å². The second kappa shape index (κ2) is 7.14. The van der Waals surface area contributed by atoms with E-state index in [2.05, 4.69) is 10.6 Å². The summed E-state index contributed by atoms with van der Waals surface area (Å²) in [4.78, 5) is 23.5. The summed E-state index contributed by atoms with van der Waals surface area (Å²) in [5.41, 5.74) is 0.366. The Morgan fingerprint density at radius 2 is 1.62 bits per heavy atom. The van der Waals surface area contributed by atoms with Crippen LogP contribution in [-0.4, -0.2) is 33.7 Å². The summed E-state index contributed by atoms with van der Waals surface area (Å²) >= 11 is 0. The maximum absolute atomic E-state index is 12.5. The van der Waals surface area contributed by atoms with Crippen LogP contribution in [0, 0.1) is 0 Å². The van der Waals surface area contributed by atoms with Gasteiger partial charge in [0.1, 0.15) is 5.75 Å². The maximum Gasteiger partial charge on any atom is 0.318 e. The SMILES string of the molecule is CNC(=O)Nc1ccc(S(=O)(=O)C(=O)c2ccccc2OC)cc1.